The van der Waals surface area contributed by atoms with Gasteiger partial charge in [-0.2, -0.15) is 0 Å². The zero-order chi connectivity index (χ0) is 14.5. The number of nitrogens with zero attached hydrogens (tertiary/aromatic N) is 4. The second-order valence-corrected chi connectivity index (χ2v) is 5.04. The van der Waals surface area contributed by atoms with Gasteiger partial charge in [-0.25, -0.2) is 19.9 Å². The topological polar surface area (TPSA) is 88.5 Å². The van der Waals surface area contributed by atoms with E-state index in [4.69, 9.17) is 0 Å². The number of aryl methyl sites for hydroxylation is 1. The van der Waals surface area contributed by atoms with Gasteiger partial charge in [0.05, 0.1) is 0 Å². The van der Waals surface area contributed by atoms with E-state index < -0.39 is 0 Å². The predicted molar refractivity (Wildman–Crippen MR) is 78.2 cm³/mol. The first-order valence-corrected chi connectivity index (χ1v) is 7.44. The van der Waals surface area contributed by atoms with Crippen molar-refractivity contribution in [1.82, 2.24) is 24.7 Å². The lowest BCUT2D eigenvalue weighted by Crippen LogP contribution is -2.16. The number of anilines is 1. The number of nitrogens with one attached hydrogen (secondary N) is 2. The van der Waals surface area contributed by atoms with Gasteiger partial charge in [0.25, 0.3) is 0 Å². The van der Waals surface area contributed by atoms with Crippen LogP contribution in [0, 0.1) is 0 Å². The van der Waals surface area contributed by atoms with Gasteiger partial charge in [-0.1, -0.05) is 6.92 Å². The molecular formula is C12H18N6OS. The Bertz CT molecular complexity index is 635. The Morgan fingerprint density at radius 3 is 2.80 bits per heavy atom. The van der Waals surface area contributed by atoms with Crippen LogP contribution in [0.25, 0.3) is 0 Å². The van der Waals surface area contributed by atoms with Crippen LogP contribution >= 0.6 is 11.8 Å². The third-order valence-electron chi connectivity index (χ3n) is 2.66. The second-order valence-electron chi connectivity index (χ2n) is 4.05. The van der Waals surface area contributed by atoms with Crippen LogP contribution in [-0.2, 0) is 13.0 Å². The molecular weight excluding hydrogens is 276 g/mol. The van der Waals surface area contributed by atoms with Gasteiger partial charge in [0.15, 0.2) is 5.16 Å². The van der Waals surface area contributed by atoms with Gasteiger partial charge in [0, 0.05) is 25.6 Å². The van der Waals surface area contributed by atoms with Crippen molar-refractivity contribution in [2.75, 3.05) is 11.9 Å². The minimum atomic E-state index is -0.202. The Morgan fingerprint density at radius 1 is 1.35 bits per heavy atom. The van der Waals surface area contributed by atoms with Crippen LogP contribution in [0.15, 0.2) is 21.0 Å². The molecule has 0 bridgehead atoms. The van der Waals surface area contributed by atoms with E-state index in [-0.39, 0.29) is 5.69 Å². The van der Waals surface area contributed by atoms with Gasteiger partial charge in [0.2, 0.25) is 0 Å². The third kappa shape index (κ3) is 3.19. The molecule has 2 heterocycles. The molecule has 0 amide bonds. The van der Waals surface area contributed by atoms with Crippen LogP contribution in [0.4, 0.5) is 5.82 Å². The van der Waals surface area contributed by atoms with E-state index in [2.05, 4.69) is 25.5 Å². The zero-order valence-corrected chi connectivity index (χ0v) is 12.6. The fraction of sp³-hybridized carbons (Fsp3) is 0.500. The van der Waals surface area contributed by atoms with Gasteiger partial charge in [-0.3, -0.25) is 4.57 Å². The molecule has 0 spiro atoms. The quantitative estimate of drug-likeness (QED) is 0.785. The molecule has 0 saturated carbocycles. The summed E-state index contributed by atoms with van der Waals surface area (Å²) in [4.78, 5) is 20.4. The zero-order valence-electron chi connectivity index (χ0n) is 11.8. The standard InChI is InChI=1S/C12H18N6OS/c1-4-8-14-9(13-5-2)7-10(15-8)20-12-17-16-11(19)18(12)6-3/h7H,4-6H2,1-3H3,(H,16,19)(H,13,14,15). The van der Waals surface area contributed by atoms with Crippen LogP contribution in [0.3, 0.4) is 0 Å². The van der Waals surface area contributed by atoms with Crippen LogP contribution in [0.1, 0.15) is 26.6 Å². The minimum absolute atomic E-state index is 0.202. The van der Waals surface area contributed by atoms with Crippen molar-refractivity contribution >= 4 is 17.6 Å². The highest BCUT2D eigenvalue weighted by Gasteiger charge is 2.11. The lowest BCUT2D eigenvalue weighted by Gasteiger charge is -2.07. The lowest BCUT2D eigenvalue weighted by molar-refractivity contribution is 0.660. The van der Waals surface area contributed by atoms with Gasteiger partial charge >= 0.3 is 5.69 Å². The molecule has 2 N–H and O–H groups in total. The Hall–Kier alpha value is -1.83. The average Bonchev–Trinajstić information content (AvgIpc) is 2.79. The van der Waals surface area contributed by atoms with E-state index in [0.717, 1.165) is 29.6 Å². The Kier molecular flexibility index (Phi) is 4.78. The number of rotatable bonds is 6. The summed E-state index contributed by atoms with van der Waals surface area (Å²) in [6.07, 6.45) is 0.758. The van der Waals surface area contributed by atoms with Crippen LogP contribution in [-0.4, -0.2) is 31.3 Å². The second kappa shape index (κ2) is 6.56. The van der Waals surface area contributed by atoms with Crippen molar-refractivity contribution in [3.63, 3.8) is 0 Å². The number of aromatic nitrogens is 5. The maximum atomic E-state index is 11.5. The molecule has 0 fully saturated rings. The van der Waals surface area contributed by atoms with Gasteiger partial charge in [-0.05, 0) is 25.6 Å². The van der Waals surface area contributed by atoms with E-state index in [9.17, 15) is 4.79 Å². The number of H-pyrrole nitrogens is 1. The van der Waals surface area contributed by atoms with E-state index in [1.807, 2.05) is 26.8 Å². The maximum absolute atomic E-state index is 11.5. The summed E-state index contributed by atoms with van der Waals surface area (Å²) in [5.41, 5.74) is -0.202. The molecule has 8 heteroatoms. The molecule has 0 atom stereocenters. The minimum Gasteiger partial charge on any atom is -0.370 e. The first-order chi connectivity index (χ1) is 9.67. The summed E-state index contributed by atoms with van der Waals surface area (Å²) >= 11 is 1.36. The predicted octanol–water partition coefficient (Wildman–Crippen LogP) is 1.53. The summed E-state index contributed by atoms with van der Waals surface area (Å²) in [7, 11) is 0. The molecule has 108 valence electrons. The molecule has 7 nitrogen and oxygen atoms in total. The Morgan fingerprint density at radius 2 is 2.15 bits per heavy atom. The molecule has 0 aliphatic rings. The van der Waals surface area contributed by atoms with Gasteiger partial charge in [0.1, 0.15) is 16.7 Å². The SMILES string of the molecule is CCNc1cc(Sc2n[nH]c(=O)n2CC)nc(CC)n1. The molecule has 0 radical (unpaired) electrons. The summed E-state index contributed by atoms with van der Waals surface area (Å²) in [5.74, 6) is 1.56. The highest BCUT2D eigenvalue weighted by molar-refractivity contribution is 7.99. The number of hydrogen-bond acceptors (Lipinski definition) is 6. The lowest BCUT2D eigenvalue weighted by atomic mass is 10.4. The highest BCUT2D eigenvalue weighted by atomic mass is 32.2. The highest BCUT2D eigenvalue weighted by Crippen LogP contribution is 2.25. The largest absolute Gasteiger partial charge is 0.370 e. The number of hydrogen-bond donors (Lipinski definition) is 2. The Labute approximate surface area is 121 Å². The molecule has 2 aromatic rings. The third-order valence-corrected chi connectivity index (χ3v) is 3.57. The fourth-order valence-electron chi connectivity index (χ4n) is 1.71. The molecule has 0 unspecified atom stereocenters. The van der Waals surface area contributed by atoms with Crippen molar-refractivity contribution in [1.29, 1.82) is 0 Å². The van der Waals surface area contributed by atoms with E-state index in [1.165, 1.54) is 11.8 Å². The maximum Gasteiger partial charge on any atom is 0.343 e. The van der Waals surface area contributed by atoms with Crippen molar-refractivity contribution in [3.8, 4) is 0 Å². The van der Waals surface area contributed by atoms with Crippen molar-refractivity contribution in [2.45, 2.75) is 43.9 Å². The molecule has 0 aliphatic carbocycles. The van der Waals surface area contributed by atoms with Crippen LogP contribution in [0.2, 0.25) is 0 Å². The van der Waals surface area contributed by atoms with E-state index >= 15 is 0 Å². The molecule has 2 rings (SSSR count). The van der Waals surface area contributed by atoms with E-state index in [1.54, 1.807) is 4.57 Å². The summed E-state index contributed by atoms with van der Waals surface area (Å²) < 4.78 is 1.57. The molecule has 2 aromatic heterocycles. The molecule has 0 aromatic carbocycles. The van der Waals surface area contributed by atoms with Gasteiger partial charge in [-0.15, -0.1) is 5.10 Å². The summed E-state index contributed by atoms with van der Waals surface area (Å²) in [6, 6.07) is 1.87. The van der Waals surface area contributed by atoms with Crippen molar-refractivity contribution in [3.05, 3.63) is 22.4 Å². The molecule has 20 heavy (non-hydrogen) atoms. The monoisotopic (exact) mass is 294 g/mol. The molecule has 0 aliphatic heterocycles. The normalized spacial score (nSPS) is 10.8. The van der Waals surface area contributed by atoms with Crippen LogP contribution in [0.5, 0.6) is 0 Å². The number of aromatic amines is 1. The first kappa shape index (κ1) is 14.6. The van der Waals surface area contributed by atoms with Crippen LogP contribution < -0.4 is 11.0 Å². The van der Waals surface area contributed by atoms with Crippen molar-refractivity contribution < 1.29 is 0 Å². The average molecular weight is 294 g/mol. The molecule has 0 saturated heterocycles. The fourth-order valence-corrected chi connectivity index (χ4v) is 2.63. The van der Waals surface area contributed by atoms with Crippen molar-refractivity contribution in [2.24, 2.45) is 0 Å². The van der Waals surface area contributed by atoms with Gasteiger partial charge < -0.3 is 5.32 Å². The smallest absolute Gasteiger partial charge is 0.343 e. The Balaban J connectivity index is 2.32. The van der Waals surface area contributed by atoms with E-state index in [0.29, 0.717) is 11.7 Å². The summed E-state index contributed by atoms with van der Waals surface area (Å²) in [5, 5.41) is 11.0. The first-order valence-electron chi connectivity index (χ1n) is 6.62. The summed E-state index contributed by atoms with van der Waals surface area (Å²) in [6.45, 7) is 7.30.